The molecule has 1 amide bonds. The van der Waals surface area contributed by atoms with E-state index in [4.69, 9.17) is 14.2 Å². The van der Waals surface area contributed by atoms with E-state index in [0.717, 1.165) is 18.4 Å². The normalized spacial score (nSPS) is 10.6. The summed E-state index contributed by atoms with van der Waals surface area (Å²) < 4.78 is 15.9. The fourth-order valence-electron chi connectivity index (χ4n) is 2.58. The number of amides is 1. The minimum atomic E-state index is -0.133. The highest BCUT2D eigenvalue weighted by molar-refractivity contribution is 5.91. The predicted octanol–water partition coefficient (Wildman–Crippen LogP) is 3.47. The molecule has 0 aliphatic heterocycles. The van der Waals surface area contributed by atoms with Gasteiger partial charge in [0, 0.05) is 12.6 Å². The van der Waals surface area contributed by atoms with Crippen molar-refractivity contribution < 1.29 is 19.0 Å². The molecule has 0 saturated carbocycles. The highest BCUT2D eigenvalue weighted by Gasteiger charge is 2.12. The predicted molar refractivity (Wildman–Crippen MR) is 103 cm³/mol. The first-order chi connectivity index (χ1) is 12.7. The van der Waals surface area contributed by atoms with Crippen molar-refractivity contribution >= 4 is 12.0 Å². The topological polar surface area (TPSA) is 56.8 Å². The summed E-state index contributed by atoms with van der Waals surface area (Å²) in [5.41, 5.74) is 2.06. The summed E-state index contributed by atoms with van der Waals surface area (Å²) in [6, 6.07) is 13.8. The van der Waals surface area contributed by atoms with Gasteiger partial charge in [-0.2, -0.15) is 0 Å². The molecule has 5 heteroatoms. The van der Waals surface area contributed by atoms with Crippen molar-refractivity contribution in [1.82, 2.24) is 5.32 Å². The van der Waals surface area contributed by atoms with Crippen molar-refractivity contribution in [2.24, 2.45) is 0 Å². The van der Waals surface area contributed by atoms with Gasteiger partial charge in [-0.3, -0.25) is 4.79 Å². The molecule has 26 heavy (non-hydrogen) atoms. The summed E-state index contributed by atoms with van der Waals surface area (Å²) in [4.78, 5) is 12.0. The second-order valence-corrected chi connectivity index (χ2v) is 5.67. The van der Waals surface area contributed by atoms with Gasteiger partial charge < -0.3 is 19.5 Å². The van der Waals surface area contributed by atoms with Gasteiger partial charge in [-0.25, -0.2) is 0 Å². The molecule has 0 bridgehead atoms. The number of methoxy groups -OCH3 is 3. The molecule has 0 atom stereocenters. The number of hydrogen-bond acceptors (Lipinski definition) is 4. The van der Waals surface area contributed by atoms with Gasteiger partial charge >= 0.3 is 0 Å². The van der Waals surface area contributed by atoms with Crippen LogP contribution < -0.4 is 19.5 Å². The van der Waals surface area contributed by atoms with E-state index in [2.05, 4.69) is 17.4 Å². The molecule has 0 aromatic heterocycles. The Morgan fingerprint density at radius 1 is 1.00 bits per heavy atom. The summed E-state index contributed by atoms with van der Waals surface area (Å²) in [6.07, 6.45) is 5.06. The maximum Gasteiger partial charge on any atom is 0.243 e. The van der Waals surface area contributed by atoms with E-state index >= 15 is 0 Å². The largest absolute Gasteiger partial charge is 0.493 e. The number of rotatable bonds is 9. The zero-order valence-electron chi connectivity index (χ0n) is 15.5. The number of aryl methyl sites for hydroxylation is 1. The van der Waals surface area contributed by atoms with Crippen LogP contribution in [0.3, 0.4) is 0 Å². The van der Waals surface area contributed by atoms with Crippen LogP contribution in [0.5, 0.6) is 17.2 Å². The quantitative estimate of drug-likeness (QED) is 0.553. The summed E-state index contributed by atoms with van der Waals surface area (Å²) in [7, 11) is 4.67. The SMILES string of the molecule is COc1cc(C=CC(=O)NCCCc2ccccc2)cc(OC)c1OC. The molecule has 0 saturated heterocycles. The molecule has 0 heterocycles. The van der Waals surface area contributed by atoms with Gasteiger partial charge in [0.2, 0.25) is 11.7 Å². The van der Waals surface area contributed by atoms with E-state index < -0.39 is 0 Å². The summed E-state index contributed by atoms with van der Waals surface area (Å²) in [5.74, 6) is 1.49. The first-order valence-electron chi connectivity index (χ1n) is 8.47. The maximum atomic E-state index is 12.0. The molecule has 1 N–H and O–H groups in total. The van der Waals surface area contributed by atoms with Gasteiger partial charge in [0.1, 0.15) is 0 Å². The van der Waals surface area contributed by atoms with Crippen molar-refractivity contribution in [1.29, 1.82) is 0 Å². The molecule has 0 aliphatic carbocycles. The fraction of sp³-hybridized carbons (Fsp3) is 0.286. The number of carbonyl (C=O) groups excluding carboxylic acids is 1. The molecule has 0 radical (unpaired) electrons. The van der Waals surface area contributed by atoms with Crippen LogP contribution in [0.2, 0.25) is 0 Å². The smallest absolute Gasteiger partial charge is 0.243 e. The van der Waals surface area contributed by atoms with Crippen LogP contribution in [-0.4, -0.2) is 33.8 Å². The lowest BCUT2D eigenvalue weighted by molar-refractivity contribution is -0.116. The highest BCUT2D eigenvalue weighted by Crippen LogP contribution is 2.38. The molecule has 2 aromatic carbocycles. The molecule has 0 spiro atoms. The lowest BCUT2D eigenvalue weighted by Crippen LogP contribution is -2.22. The van der Waals surface area contributed by atoms with Crippen molar-refractivity contribution in [2.75, 3.05) is 27.9 Å². The van der Waals surface area contributed by atoms with Crippen LogP contribution in [0.4, 0.5) is 0 Å². The van der Waals surface area contributed by atoms with E-state index in [1.54, 1.807) is 39.5 Å². The van der Waals surface area contributed by atoms with Crippen LogP contribution in [0.15, 0.2) is 48.5 Å². The molecular formula is C21H25NO4. The monoisotopic (exact) mass is 355 g/mol. The molecule has 2 aromatic rings. The number of hydrogen-bond donors (Lipinski definition) is 1. The second kappa shape index (κ2) is 10.1. The minimum Gasteiger partial charge on any atom is -0.493 e. The van der Waals surface area contributed by atoms with Gasteiger partial charge in [-0.05, 0) is 42.2 Å². The average molecular weight is 355 g/mol. The first-order valence-corrected chi connectivity index (χ1v) is 8.47. The van der Waals surface area contributed by atoms with Gasteiger partial charge in [0.25, 0.3) is 0 Å². The van der Waals surface area contributed by atoms with E-state index in [9.17, 15) is 4.79 Å². The second-order valence-electron chi connectivity index (χ2n) is 5.67. The average Bonchev–Trinajstić information content (AvgIpc) is 2.69. The summed E-state index contributed by atoms with van der Waals surface area (Å²) in [6.45, 7) is 0.632. The first kappa shape index (κ1) is 19.4. The third kappa shape index (κ3) is 5.55. The Morgan fingerprint density at radius 2 is 1.65 bits per heavy atom. The Hall–Kier alpha value is -2.95. The lowest BCUT2D eigenvalue weighted by atomic mass is 10.1. The highest BCUT2D eigenvalue weighted by atomic mass is 16.5. The lowest BCUT2D eigenvalue weighted by Gasteiger charge is -2.12. The number of benzene rings is 2. The van der Waals surface area contributed by atoms with Gasteiger partial charge in [0.15, 0.2) is 11.5 Å². The van der Waals surface area contributed by atoms with E-state index in [-0.39, 0.29) is 5.91 Å². The van der Waals surface area contributed by atoms with E-state index in [0.29, 0.717) is 23.8 Å². The van der Waals surface area contributed by atoms with E-state index in [1.807, 2.05) is 18.2 Å². The van der Waals surface area contributed by atoms with Crippen LogP contribution in [-0.2, 0) is 11.2 Å². The summed E-state index contributed by atoms with van der Waals surface area (Å²) >= 11 is 0. The Morgan fingerprint density at radius 3 is 2.23 bits per heavy atom. The standard InChI is InChI=1S/C21H25NO4/c1-24-18-14-17(15-19(25-2)21(18)26-3)11-12-20(23)22-13-7-10-16-8-5-4-6-9-16/h4-6,8-9,11-12,14-15H,7,10,13H2,1-3H3,(H,22,23). The molecule has 0 aliphatic rings. The Kier molecular flexibility index (Phi) is 7.55. The third-order valence-corrected chi connectivity index (χ3v) is 3.90. The maximum absolute atomic E-state index is 12.0. The number of nitrogens with one attached hydrogen (secondary N) is 1. The van der Waals surface area contributed by atoms with Crippen molar-refractivity contribution in [3.63, 3.8) is 0 Å². The summed E-state index contributed by atoms with van der Waals surface area (Å²) in [5, 5.41) is 2.89. The zero-order chi connectivity index (χ0) is 18.8. The van der Waals surface area contributed by atoms with Crippen molar-refractivity contribution in [2.45, 2.75) is 12.8 Å². The fourth-order valence-corrected chi connectivity index (χ4v) is 2.58. The molecular weight excluding hydrogens is 330 g/mol. The van der Waals surface area contributed by atoms with Crippen LogP contribution in [0.1, 0.15) is 17.5 Å². The van der Waals surface area contributed by atoms with Crippen LogP contribution >= 0.6 is 0 Å². The third-order valence-electron chi connectivity index (χ3n) is 3.90. The van der Waals surface area contributed by atoms with Crippen molar-refractivity contribution in [3.8, 4) is 17.2 Å². The van der Waals surface area contributed by atoms with Gasteiger partial charge in [0.05, 0.1) is 21.3 Å². The minimum absolute atomic E-state index is 0.133. The van der Waals surface area contributed by atoms with Crippen LogP contribution in [0, 0.1) is 0 Å². The van der Waals surface area contributed by atoms with Crippen LogP contribution in [0.25, 0.3) is 6.08 Å². The van der Waals surface area contributed by atoms with Gasteiger partial charge in [-0.15, -0.1) is 0 Å². The molecule has 5 nitrogen and oxygen atoms in total. The molecule has 138 valence electrons. The number of carbonyl (C=O) groups is 1. The molecule has 0 unspecified atom stereocenters. The molecule has 0 fully saturated rings. The van der Waals surface area contributed by atoms with Crippen molar-refractivity contribution in [3.05, 3.63) is 59.7 Å². The number of ether oxygens (including phenoxy) is 3. The Labute approximate surface area is 154 Å². The van der Waals surface area contributed by atoms with Gasteiger partial charge in [-0.1, -0.05) is 30.3 Å². The molecule has 2 rings (SSSR count). The van der Waals surface area contributed by atoms with E-state index in [1.165, 1.54) is 11.6 Å². The Balaban J connectivity index is 1.89. The Bertz CT molecular complexity index is 716. The zero-order valence-corrected chi connectivity index (χ0v) is 15.5.